The van der Waals surface area contributed by atoms with Crippen molar-refractivity contribution in [3.05, 3.63) is 45.9 Å². The SMILES string of the molecule is CCOC(=O)c1csc(CN(C(=O)c2ccc(OC)cc2)C(C)(C)C)n1. The number of aromatic nitrogens is 1. The molecule has 0 saturated carbocycles. The van der Waals surface area contributed by atoms with Crippen LogP contribution in [0.3, 0.4) is 0 Å². The first-order valence-corrected chi connectivity index (χ1v) is 9.21. The van der Waals surface area contributed by atoms with E-state index < -0.39 is 11.5 Å². The van der Waals surface area contributed by atoms with Crippen molar-refractivity contribution in [1.29, 1.82) is 0 Å². The summed E-state index contributed by atoms with van der Waals surface area (Å²) in [5, 5.41) is 2.34. The number of amides is 1. The largest absolute Gasteiger partial charge is 0.497 e. The topological polar surface area (TPSA) is 68.7 Å². The minimum absolute atomic E-state index is 0.104. The number of ether oxygens (including phenoxy) is 2. The van der Waals surface area contributed by atoms with Crippen LogP contribution in [0.5, 0.6) is 5.75 Å². The van der Waals surface area contributed by atoms with Gasteiger partial charge in [-0.25, -0.2) is 9.78 Å². The maximum absolute atomic E-state index is 13.0. The number of rotatable bonds is 6. The molecule has 1 aromatic carbocycles. The highest BCUT2D eigenvalue weighted by molar-refractivity contribution is 7.09. The quantitative estimate of drug-likeness (QED) is 0.718. The fourth-order valence-corrected chi connectivity index (χ4v) is 3.07. The fraction of sp³-hybridized carbons (Fsp3) is 0.421. The summed E-state index contributed by atoms with van der Waals surface area (Å²) in [5.74, 6) is 0.148. The maximum atomic E-state index is 13.0. The molecule has 7 heteroatoms. The van der Waals surface area contributed by atoms with Crippen molar-refractivity contribution in [3.63, 3.8) is 0 Å². The van der Waals surface area contributed by atoms with Crippen LogP contribution in [-0.4, -0.2) is 41.0 Å². The fourth-order valence-electron chi connectivity index (χ4n) is 2.32. The molecule has 0 unspecified atom stereocenters. The minimum Gasteiger partial charge on any atom is -0.497 e. The van der Waals surface area contributed by atoms with Crippen molar-refractivity contribution in [3.8, 4) is 5.75 Å². The Morgan fingerprint density at radius 2 is 1.85 bits per heavy atom. The Morgan fingerprint density at radius 3 is 2.38 bits per heavy atom. The second-order valence-electron chi connectivity index (χ2n) is 6.64. The number of carbonyl (C=O) groups excluding carboxylic acids is 2. The van der Waals surface area contributed by atoms with Crippen LogP contribution >= 0.6 is 11.3 Å². The Labute approximate surface area is 157 Å². The molecule has 0 N–H and O–H groups in total. The van der Waals surface area contributed by atoms with Gasteiger partial charge in [0, 0.05) is 16.5 Å². The molecule has 0 fully saturated rings. The number of methoxy groups -OCH3 is 1. The van der Waals surface area contributed by atoms with Gasteiger partial charge in [0.1, 0.15) is 10.8 Å². The summed E-state index contributed by atoms with van der Waals surface area (Å²) in [5.41, 5.74) is 0.438. The Bertz CT molecular complexity index is 763. The molecule has 2 rings (SSSR count). The molecular formula is C19H24N2O4S. The number of benzene rings is 1. The van der Waals surface area contributed by atoms with Gasteiger partial charge in [0.05, 0.1) is 20.3 Å². The maximum Gasteiger partial charge on any atom is 0.357 e. The van der Waals surface area contributed by atoms with Gasteiger partial charge in [-0.2, -0.15) is 0 Å². The molecule has 0 radical (unpaired) electrons. The molecule has 2 aromatic rings. The van der Waals surface area contributed by atoms with Crippen LogP contribution in [0.15, 0.2) is 29.6 Å². The lowest BCUT2D eigenvalue weighted by Crippen LogP contribution is -2.45. The van der Waals surface area contributed by atoms with E-state index in [4.69, 9.17) is 9.47 Å². The summed E-state index contributed by atoms with van der Waals surface area (Å²) in [7, 11) is 1.59. The van der Waals surface area contributed by atoms with Crippen LogP contribution in [0.1, 0.15) is 53.5 Å². The van der Waals surface area contributed by atoms with E-state index >= 15 is 0 Å². The van der Waals surface area contributed by atoms with Crippen LogP contribution in [-0.2, 0) is 11.3 Å². The van der Waals surface area contributed by atoms with Gasteiger partial charge < -0.3 is 14.4 Å². The number of esters is 1. The lowest BCUT2D eigenvalue weighted by Gasteiger charge is -2.35. The highest BCUT2D eigenvalue weighted by Crippen LogP contribution is 2.23. The zero-order valence-electron chi connectivity index (χ0n) is 15.7. The zero-order valence-corrected chi connectivity index (χ0v) is 16.6. The van der Waals surface area contributed by atoms with Crippen molar-refractivity contribution < 1.29 is 19.1 Å². The lowest BCUT2D eigenvalue weighted by atomic mass is 10.0. The van der Waals surface area contributed by atoms with E-state index in [-0.39, 0.29) is 11.6 Å². The van der Waals surface area contributed by atoms with Crippen LogP contribution in [0, 0.1) is 0 Å². The van der Waals surface area contributed by atoms with Crippen molar-refractivity contribution in [2.45, 2.75) is 39.8 Å². The minimum atomic E-state index is -0.446. The third kappa shape index (κ3) is 4.82. The van der Waals surface area contributed by atoms with Gasteiger partial charge >= 0.3 is 5.97 Å². The van der Waals surface area contributed by atoms with Gasteiger partial charge in [0.25, 0.3) is 5.91 Å². The number of carbonyl (C=O) groups is 2. The van der Waals surface area contributed by atoms with Gasteiger partial charge in [0.2, 0.25) is 0 Å². The van der Waals surface area contributed by atoms with Crippen molar-refractivity contribution in [2.24, 2.45) is 0 Å². The Kier molecular flexibility index (Phi) is 6.37. The highest BCUT2D eigenvalue weighted by Gasteiger charge is 2.28. The summed E-state index contributed by atoms with van der Waals surface area (Å²) in [4.78, 5) is 30.8. The molecule has 0 atom stereocenters. The first kappa shape index (κ1) is 19.9. The number of hydrogen-bond donors (Lipinski definition) is 0. The van der Waals surface area contributed by atoms with Crippen LogP contribution in [0.25, 0.3) is 0 Å². The zero-order chi connectivity index (χ0) is 19.3. The molecule has 1 amide bonds. The molecule has 0 spiro atoms. The van der Waals surface area contributed by atoms with Crippen LogP contribution in [0.4, 0.5) is 0 Å². The molecule has 0 saturated heterocycles. The smallest absolute Gasteiger partial charge is 0.357 e. The van der Waals surface area contributed by atoms with E-state index in [1.54, 1.807) is 48.6 Å². The Hall–Kier alpha value is -2.41. The normalized spacial score (nSPS) is 11.1. The summed E-state index contributed by atoms with van der Waals surface area (Å²) in [6.45, 7) is 8.27. The van der Waals surface area contributed by atoms with E-state index in [1.165, 1.54) is 11.3 Å². The summed E-state index contributed by atoms with van der Waals surface area (Å²) in [6, 6.07) is 7.00. The van der Waals surface area contributed by atoms with E-state index in [9.17, 15) is 9.59 Å². The Morgan fingerprint density at radius 1 is 1.19 bits per heavy atom. The predicted octanol–water partition coefficient (Wildman–Crippen LogP) is 3.77. The number of thiazole rings is 1. The predicted molar refractivity (Wildman–Crippen MR) is 101 cm³/mol. The molecule has 140 valence electrons. The average Bonchev–Trinajstić information content (AvgIpc) is 3.07. The van der Waals surface area contributed by atoms with Gasteiger partial charge in [-0.3, -0.25) is 4.79 Å². The molecule has 0 aliphatic heterocycles. The molecule has 0 aliphatic rings. The molecular weight excluding hydrogens is 352 g/mol. The van der Waals surface area contributed by atoms with E-state index in [2.05, 4.69) is 4.98 Å². The molecule has 0 aliphatic carbocycles. The van der Waals surface area contributed by atoms with Gasteiger partial charge in [-0.15, -0.1) is 11.3 Å². The van der Waals surface area contributed by atoms with E-state index in [1.807, 2.05) is 20.8 Å². The second kappa shape index (κ2) is 8.31. The number of nitrogens with zero attached hydrogens (tertiary/aromatic N) is 2. The van der Waals surface area contributed by atoms with Gasteiger partial charge in [0.15, 0.2) is 5.69 Å². The first-order chi connectivity index (χ1) is 12.3. The standard InChI is InChI=1S/C19H24N2O4S/c1-6-25-18(23)15-12-26-16(20-15)11-21(19(2,3)4)17(22)13-7-9-14(24-5)10-8-13/h7-10,12H,6,11H2,1-5H3. The summed E-state index contributed by atoms with van der Waals surface area (Å²) < 4.78 is 10.1. The van der Waals surface area contributed by atoms with Crippen molar-refractivity contribution in [2.75, 3.05) is 13.7 Å². The van der Waals surface area contributed by atoms with Gasteiger partial charge in [-0.05, 0) is 52.0 Å². The molecule has 6 nitrogen and oxygen atoms in total. The Balaban J connectivity index is 2.22. The molecule has 1 heterocycles. The third-order valence-electron chi connectivity index (χ3n) is 3.72. The van der Waals surface area contributed by atoms with E-state index in [0.717, 1.165) is 0 Å². The average molecular weight is 376 g/mol. The molecule has 0 bridgehead atoms. The second-order valence-corrected chi connectivity index (χ2v) is 7.58. The molecule has 1 aromatic heterocycles. The first-order valence-electron chi connectivity index (χ1n) is 8.33. The van der Waals surface area contributed by atoms with Crippen molar-refractivity contribution in [1.82, 2.24) is 9.88 Å². The van der Waals surface area contributed by atoms with Crippen molar-refractivity contribution >= 4 is 23.2 Å². The van der Waals surface area contributed by atoms with Crippen LogP contribution in [0.2, 0.25) is 0 Å². The molecule has 26 heavy (non-hydrogen) atoms. The van der Waals surface area contributed by atoms with Crippen LogP contribution < -0.4 is 4.74 Å². The lowest BCUT2D eigenvalue weighted by molar-refractivity contribution is 0.0520. The third-order valence-corrected chi connectivity index (χ3v) is 4.56. The number of hydrogen-bond acceptors (Lipinski definition) is 6. The van der Waals surface area contributed by atoms with Gasteiger partial charge in [-0.1, -0.05) is 0 Å². The highest BCUT2D eigenvalue weighted by atomic mass is 32.1. The monoisotopic (exact) mass is 376 g/mol. The van der Waals surface area contributed by atoms with E-state index in [0.29, 0.717) is 29.5 Å². The summed E-state index contributed by atoms with van der Waals surface area (Å²) in [6.07, 6.45) is 0. The summed E-state index contributed by atoms with van der Waals surface area (Å²) >= 11 is 1.34.